The molecule has 0 bridgehead atoms. The third-order valence-electron chi connectivity index (χ3n) is 2.94. The molecule has 5 heteroatoms. The highest BCUT2D eigenvalue weighted by atomic mass is 79.9. The van der Waals surface area contributed by atoms with E-state index in [0.717, 1.165) is 0 Å². The van der Waals surface area contributed by atoms with Crippen molar-refractivity contribution in [3.05, 3.63) is 64.4 Å². The van der Waals surface area contributed by atoms with E-state index in [-0.39, 0.29) is 28.9 Å². The zero-order valence-electron chi connectivity index (χ0n) is 11.1. The molecule has 0 heterocycles. The molecule has 21 heavy (non-hydrogen) atoms. The van der Waals surface area contributed by atoms with Gasteiger partial charge in [-0.05, 0) is 40.2 Å². The number of halogens is 2. The molecule has 2 aromatic rings. The fourth-order valence-electron chi connectivity index (χ4n) is 1.93. The number of rotatable bonds is 4. The van der Waals surface area contributed by atoms with Crippen LogP contribution in [0.4, 0.5) is 10.1 Å². The summed E-state index contributed by atoms with van der Waals surface area (Å²) in [5.74, 6) is -0.836. The van der Waals surface area contributed by atoms with Crippen LogP contribution < -0.4 is 4.90 Å². The van der Waals surface area contributed by atoms with E-state index in [4.69, 9.17) is 5.26 Å². The monoisotopic (exact) mass is 346 g/mol. The van der Waals surface area contributed by atoms with Crippen molar-refractivity contribution >= 4 is 27.5 Å². The molecule has 0 aliphatic heterocycles. The first-order valence-electron chi connectivity index (χ1n) is 6.33. The van der Waals surface area contributed by atoms with Crippen LogP contribution in [0.15, 0.2) is 53.0 Å². The van der Waals surface area contributed by atoms with Crippen molar-refractivity contribution in [3.63, 3.8) is 0 Å². The van der Waals surface area contributed by atoms with Gasteiger partial charge in [-0.25, -0.2) is 4.39 Å². The van der Waals surface area contributed by atoms with Crippen LogP contribution in [0, 0.1) is 17.1 Å². The summed E-state index contributed by atoms with van der Waals surface area (Å²) >= 11 is 3.10. The highest BCUT2D eigenvalue weighted by Crippen LogP contribution is 2.24. The molecule has 0 saturated carbocycles. The van der Waals surface area contributed by atoms with E-state index in [1.165, 1.54) is 17.0 Å². The summed E-state index contributed by atoms with van der Waals surface area (Å²) in [5, 5.41) is 8.76. The summed E-state index contributed by atoms with van der Waals surface area (Å²) in [6.45, 7) is 0.252. The lowest BCUT2D eigenvalue weighted by Crippen LogP contribution is -2.32. The largest absolute Gasteiger partial charge is 0.307 e. The molecule has 0 N–H and O–H groups in total. The Labute approximate surface area is 130 Å². The second-order valence-electron chi connectivity index (χ2n) is 4.30. The summed E-state index contributed by atoms with van der Waals surface area (Å²) < 4.78 is 13.7. The van der Waals surface area contributed by atoms with Gasteiger partial charge in [-0.3, -0.25) is 4.79 Å². The Hall–Kier alpha value is -2.19. The molecule has 3 nitrogen and oxygen atoms in total. The molecule has 0 atom stereocenters. The van der Waals surface area contributed by atoms with E-state index in [2.05, 4.69) is 15.9 Å². The molecule has 106 valence electrons. The number of amides is 1. The highest BCUT2D eigenvalue weighted by molar-refractivity contribution is 9.10. The maximum absolute atomic E-state index is 13.6. The zero-order chi connectivity index (χ0) is 15.2. The number of nitriles is 1. The maximum atomic E-state index is 13.6. The Morgan fingerprint density at radius 1 is 1.19 bits per heavy atom. The molecule has 0 spiro atoms. The van der Waals surface area contributed by atoms with Gasteiger partial charge in [0.25, 0.3) is 5.91 Å². The second-order valence-corrected chi connectivity index (χ2v) is 5.09. The zero-order valence-corrected chi connectivity index (χ0v) is 12.7. The van der Waals surface area contributed by atoms with Gasteiger partial charge < -0.3 is 4.90 Å². The molecule has 0 aromatic heterocycles. The molecule has 2 rings (SSSR count). The number of hydrogen-bond donors (Lipinski definition) is 0. The number of nitrogens with zero attached hydrogens (tertiary/aromatic N) is 2. The van der Waals surface area contributed by atoms with Gasteiger partial charge in [0, 0.05) is 12.2 Å². The maximum Gasteiger partial charge on any atom is 0.259 e. The number of hydrogen-bond acceptors (Lipinski definition) is 2. The van der Waals surface area contributed by atoms with Gasteiger partial charge in [0.05, 0.1) is 22.5 Å². The first kappa shape index (κ1) is 15.2. The predicted molar refractivity (Wildman–Crippen MR) is 82.4 cm³/mol. The van der Waals surface area contributed by atoms with Gasteiger partial charge in [0.1, 0.15) is 5.82 Å². The van der Waals surface area contributed by atoms with Crippen molar-refractivity contribution in [2.75, 3.05) is 11.4 Å². The topological polar surface area (TPSA) is 44.1 Å². The minimum absolute atomic E-state index is 0.132. The fourth-order valence-corrected chi connectivity index (χ4v) is 2.37. The second kappa shape index (κ2) is 7.00. The van der Waals surface area contributed by atoms with Crippen molar-refractivity contribution in [2.24, 2.45) is 0 Å². The SMILES string of the molecule is N#CCCN(C(=O)c1cccc(F)c1Br)c1ccccc1. The highest BCUT2D eigenvalue weighted by Gasteiger charge is 2.20. The normalized spacial score (nSPS) is 9.95. The molecule has 2 aromatic carbocycles. The lowest BCUT2D eigenvalue weighted by molar-refractivity contribution is 0.0986. The van der Waals surface area contributed by atoms with E-state index in [0.29, 0.717) is 5.69 Å². The van der Waals surface area contributed by atoms with Crippen LogP contribution in [0.2, 0.25) is 0 Å². The van der Waals surface area contributed by atoms with Crippen LogP contribution in [-0.2, 0) is 0 Å². The van der Waals surface area contributed by atoms with Crippen LogP contribution in [0.3, 0.4) is 0 Å². The molecule has 0 aliphatic carbocycles. The molecule has 0 unspecified atom stereocenters. The first-order chi connectivity index (χ1) is 10.1. The van der Waals surface area contributed by atoms with Crippen molar-refractivity contribution in [1.29, 1.82) is 5.26 Å². The van der Waals surface area contributed by atoms with Gasteiger partial charge in [-0.1, -0.05) is 24.3 Å². The molecular formula is C16H12BrFN2O. The van der Waals surface area contributed by atoms with Crippen molar-refractivity contribution in [3.8, 4) is 6.07 Å². The Kier molecular flexibility index (Phi) is 5.07. The molecule has 0 radical (unpaired) electrons. The van der Waals surface area contributed by atoms with Crippen LogP contribution in [0.25, 0.3) is 0 Å². The van der Waals surface area contributed by atoms with E-state index >= 15 is 0 Å². The number of anilines is 1. The van der Waals surface area contributed by atoms with Crippen LogP contribution >= 0.6 is 15.9 Å². The van der Waals surface area contributed by atoms with Crippen LogP contribution in [0.1, 0.15) is 16.8 Å². The van der Waals surface area contributed by atoms with E-state index in [1.807, 2.05) is 24.3 Å². The van der Waals surface area contributed by atoms with Gasteiger partial charge in [0.15, 0.2) is 0 Å². The fraction of sp³-hybridized carbons (Fsp3) is 0.125. The minimum Gasteiger partial charge on any atom is -0.307 e. The van der Waals surface area contributed by atoms with E-state index in [1.54, 1.807) is 18.2 Å². The van der Waals surface area contributed by atoms with Gasteiger partial charge >= 0.3 is 0 Å². The average molecular weight is 347 g/mol. The van der Waals surface area contributed by atoms with Crippen LogP contribution in [0.5, 0.6) is 0 Å². The van der Waals surface area contributed by atoms with Gasteiger partial charge in [-0.2, -0.15) is 5.26 Å². The molecular weight excluding hydrogens is 335 g/mol. The summed E-state index contributed by atoms with van der Waals surface area (Å²) in [6.07, 6.45) is 0.202. The van der Waals surface area contributed by atoms with Gasteiger partial charge in [-0.15, -0.1) is 0 Å². The summed E-state index contributed by atoms with van der Waals surface area (Å²) in [6, 6.07) is 15.4. The van der Waals surface area contributed by atoms with Crippen molar-refractivity contribution < 1.29 is 9.18 Å². The van der Waals surface area contributed by atoms with Gasteiger partial charge in [0.2, 0.25) is 0 Å². The Morgan fingerprint density at radius 3 is 2.57 bits per heavy atom. The number of para-hydroxylation sites is 1. The lowest BCUT2D eigenvalue weighted by Gasteiger charge is -2.22. The quantitative estimate of drug-likeness (QED) is 0.834. The third-order valence-corrected chi connectivity index (χ3v) is 3.75. The number of carbonyl (C=O) groups excluding carboxylic acids is 1. The Bertz CT molecular complexity index is 682. The summed E-state index contributed by atoms with van der Waals surface area (Å²) in [7, 11) is 0. The van der Waals surface area contributed by atoms with E-state index in [9.17, 15) is 9.18 Å². The summed E-state index contributed by atoms with van der Waals surface area (Å²) in [5.41, 5.74) is 0.908. The Morgan fingerprint density at radius 2 is 1.90 bits per heavy atom. The van der Waals surface area contributed by atoms with E-state index < -0.39 is 5.82 Å². The predicted octanol–water partition coefficient (Wildman–Crippen LogP) is 4.15. The average Bonchev–Trinajstić information content (AvgIpc) is 2.51. The molecule has 1 amide bonds. The molecule has 0 fully saturated rings. The van der Waals surface area contributed by atoms with Crippen LogP contribution in [-0.4, -0.2) is 12.5 Å². The lowest BCUT2D eigenvalue weighted by atomic mass is 10.1. The number of carbonyl (C=O) groups is 1. The minimum atomic E-state index is -0.492. The van der Waals surface area contributed by atoms with Crippen molar-refractivity contribution in [2.45, 2.75) is 6.42 Å². The summed E-state index contributed by atoms with van der Waals surface area (Å²) in [4.78, 5) is 14.1. The molecule has 0 saturated heterocycles. The standard InChI is InChI=1S/C16H12BrFN2O/c17-15-13(8-4-9-14(15)18)16(21)20(11-5-10-19)12-6-2-1-3-7-12/h1-4,6-9H,5,11H2. The first-order valence-corrected chi connectivity index (χ1v) is 7.12. The smallest absolute Gasteiger partial charge is 0.259 e. The third kappa shape index (κ3) is 3.47. The Balaban J connectivity index is 2.39. The number of benzene rings is 2. The molecule has 0 aliphatic rings. The van der Waals surface area contributed by atoms with Crippen molar-refractivity contribution in [1.82, 2.24) is 0 Å².